The third-order valence-electron chi connectivity index (χ3n) is 9.17. The Morgan fingerprint density at radius 3 is 2.52 bits per heavy atom. The maximum absolute atomic E-state index is 13.8. The summed E-state index contributed by atoms with van der Waals surface area (Å²) in [5, 5.41) is 10.2. The highest BCUT2D eigenvalue weighted by atomic mass is 35.5. The molecule has 0 radical (unpaired) electrons. The highest BCUT2D eigenvalue weighted by Crippen LogP contribution is 2.35. The van der Waals surface area contributed by atoms with Crippen LogP contribution in [-0.2, 0) is 25.5 Å². The van der Waals surface area contributed by atoms with Gasteiger partial charge in [-0.25, -0.2) is 9.38 Å². The molecule has 0 saturated heterocycles. The number of rotatable bonds is 22. The fraction of sp³-hybridized carbons (Fsp3) is 0.476. The van der Waals surface area contributed by atoms with Crippen LogP contribution in [0.2, 0.25) is 5.02 Å². The van der Waals surface area contributed by atoms with Crippen LogP contribution in [0.3, 0.4) is 0 Å². The zero-order chi connectivity index (χ0) is 40.9. The number of para-hydroxylation sites is 1. The molecule has 1 heterocycles. The molecule has 0 bridgehead atoms. The van der Waals surface area contributed by atoms with Gasteiger partial charge >= 0.3 is 0 Å². The maximum Gasteiger partial charge on any atom is 0.272 e. The number of nitrogens with zero attached hydrogens (tertiary/aromatic N) is 3. The number of hydrogen-bond acceptors (Lipinski definition) is 9. The van der Waals surface area contributed by atoms with E-state index in [4.69, 9.17) is 16.3 Å². The van der Waals surface area contributed by atoms with E-state index in [1.54, 1.807) is 50.6 Å². The average molecular weight is 812 g/mol. The van der Waals surface area contributed by atoms with E-state index in [0.717, 1.165) is 34.6 Å². The lowest BCUT2D eigenvalue weighted by Gasteiger charge is -2.31. The van der Waals surface area contributed by atoms with E-state index in [-0.39, 0.29) is 18.4 Å². The van der Waals surface area contributed by atoms with E-state index >= 15 is 0 Å². The largest absolute Gasteiger partial charge is 0.387 e. The molecule has 1 fully saturated rings. The molecule has 2 amide bonds. The summed E-state index contributed by atoms with van der Waals surface area (Å²) in [4.78, 5) is 44.3. The number of aldehydes is 1. The van der Waals surface area contributed by atoms with Crippen LogP contribution in [0, 0.1) is 5.92 Å². The van der Waals surface area contributed by atoms with Gasteiger partial charge in [0.1, 0.15) is 18.2 Å². The normalized spacial score (nSPS) is 15.2. The second kappa shape index (κ2) is 25.0. The van der Waals surface area contributed by atoms with E-state index in [2.05, 4.69) is 37.8 Å². The fourth-order valence-corrected chi connectivity index (χ4v) is 6.91. The summed E-state index contributed by atoms with van der Waals surface area (Å²) < 4.78 is 22.5. The summed E-state index contributed by atoms with van der Waals surface area (Å²) in [5.74, 6) is -0.299. The second-order valence-corrected chi connectivity index (χ2v) is 15.2. The van der Waals surface area contributed by atoms with Gasteiger partial charge in [-0.05, 0) is 91.8 Å². The summed E-state index contributed by atoms with van der Waals surface area (Å²) >= 11 is 7.71. The number of ether oxygens (including phenoxy) is 1. The highest BCUT2D eigenvalue weighted by Gasteiger charge is 2.26. The van der Waals surface area contributed by atoms with Crippen LogP contribution in [0.4, 0.5) is 15.8 Å². The third kappa shape index (κ3) is 15.0. The van der Waals surface area contributed by atoms with Crippen molar-refractivity contribution in [1.29, 1.82) is 0 Å². The molecular formula is C42H59ClFN7O4S. The Morgan fingerprint density at radius 1 is 1.14 bits per heavy atom. The van der Waals surface area contributed by atoms with Gasteiger partial charge in [0, 0.05) is 50.4 Å². The Morgan fingerprint density at radius 2 is 1.91 bits per heavy atom. The third-order valence-corrected chi connectivity index (χ3v) is 10.6. The first-order chi connectivity index (χ1) is 27.1. The number of alkyl halides is 1. The van der Waals surface area contributed by atoms with Crippen molar-refractivity contribution >= 4 is 59.9 Å². The molecule has 1 aliphatic heterocycles. The fourth-order valence-electron chi connectivity index (χ4n) is 5.76. The maximum atomic E-state index is 13.8. The van der Waals surface area contributed by atoms with Gasteiger partial charge in [0.2, 0.25) is 6.41 Å². The van der Waals surface area contributed by atoms with Crippen molar-refractivity contribution < 1.29 is 23.5 Å². The molecule has 2 aromatic carbocycles. The smallest absolute Gasteiger partial charge is 0.272 e. The van der Waals surface area contributed by atoms with Gasteiger partial charge in [0.15, 0.2) is 0 Å². The summed E-state index contributed by atoms with van der Waals surface area (Å²) in [5.41, 5.74) is 6.78. The minimum absolute atomic E-state index is 0.0218. The molecule has 2 aromatic rings. The Balaban J connectivity index is 0.000000504. The van der Waals surface area contributed by atoms with Crippen LogP contribution in [0.25, 0.3) is 0 Å². The van der Waals surface area contributed by atoms with Gasteiger partial charge in [-0.15, -0.1) is 0 Å². The minimum Gasteiger partial charge on any atom is -0.387 e. The quantitative estimate of drug-likeness (QED) is 0.0237. The molecule has 306 valence electrons. The second-order valence-electron chi connectivity index (χ2n) is 13.7. The van der Waals surface area contributed by atoms with E-state index in [1.165, 1.54) is 17.7 Å². The number of nitrogens with one attached hydrogen (secondary N) is 4. The first kappa shape index (κ1) is 46.1. The van der Waals surface area contributed by atoms with Crippen molar-refractivity contribution in [2.75, 3.05) is 63.5 Å². The van der Waals surface area contributed by atoms with Gasteiger partial charge in [-0.2, -0.15) is 0 Å². The molecule has 56 heavy (non-hydrogen) atoms. The molecule has 0 aromatic heterocycles. The van der Waals surface area contributed by atoms with Crippen LogP contribution in [-0.4, -0.2) is 93.5 Å². The van der Waals surface area contributed by atoms with Crippen LogP contribution in [0.15, 0.2) is 82.3 Å². The van der Waals surface area contributed by atoms with Crippen molar-refractivity contribution in [3.8, 4) is 0 Å². The molecule has 4 rings (SSSR count). The summed E-state index contributed by atoms with van der Waals surface area (Å²) in [6.07, 6.45) is 10.5. The van der Waals surface area contributed by atoms with Gasteiger partial charge in [-0.1, -0.05) is 68.8 Å². The number of carbonyl (C=O) groups is 3. The first-order valence-electron chi connectivity index (χ1n) is 19.3. The number of amides is 2. The number of likely N-dealkylation sites (N-methyl/N-ethyl adjacent to an activating group) is 1. The summed E-state index contributed by atoms with van der Waals surface area (Å²) in [7, 11) is 3.40. The molecular weight excluding hydrogens is 753 g/mol. The van der Waals surface area contributed by atoms with Crippen LogP contribution in [0.1, 0.15) is 70.7 Å². The van der Waals surface area contributed by atoms with Crippen LogP contribution >= 0.6 is 23.5 Å². The molecule has 1 atom stereocenters. The number of hydrogen-bond donors (Lipinski definition) is 4. The summed E-state index contributed by atoms with van der Waals surface area (Å²) in [6.45, 7) is 10.1. The summed E-state index contributed by atoms with van der Waals surface area (Å²) in [6, 6.07) is 13.4. The lowest BCUT2D eigenvalue weighted by molar-refractivity contribution is -0.129. The van der Waals surface area contributed by atoms with Crippen molar-refractivity contribution in [2.24, 2.45) is 10.9 Å². The predicted octanol–water partition coefficient (Wildman–Crippen LogP) is 7.70. The highest BCUT2D eigenvalue weighted by molar-refractivity contribution is 8.01. The molecule has 1 saturated carbocycles. The van der Waals surface area contributed by atoms with E-state index in [0.29, 0.717) is 85.6 Å². The number of carbonyl (C=O) groups excluding carboxylic acids is 3. The van der Waals surface area contributed by atoms with Gasteiger partial charge in [0.05, 0.1) is 42.5 Å². The van der Waals surface area contributed by atoms with Crippen LogP contribution < -0.4 is 20.7 Å². The zero-order valence-electron chi connectivity index (χ0n) is 33.6. The first-order valence-corrected chi connectivity index (χ1v) is 20.5. The lowest BCUT2D eigenvalue weighted by Crippen LogP contribution is -2.42. The molecule has 4 N–H and O–H groups in total. The molecule has 1 aliphatic carbocycles. The van der Waals surface area contributed by atoms with E-state index < -0.39 is 6.17 Å². The Labute approximate surface area is 341 Å². The Kier molecular flexibility index (Phi) is 20.6. The number of aliphatic imine (C=N–C) groups is 1. The number of benzene rings is 2. The van der Waals surface area contributed by atoms with Gasteiger partial charge in [-0.3, -0.25) is 9.59 Å². The Hall–Kier alpha value is -4.33. The molecule has 2 aliphatic rings. The minimum atomic E-state index is -0.946. The molecule has 0 spiro atoms. The monoisotopic (exact) mass is 811 g/mol. The van der Waals surface area contributed by atoms with Crippen molar-refractivity contribution in [3.05, 3.63) is 93.4 Å². The predicted molar refractivity (Wildman–Crippen MR) is 230 cm³/mol. The SMILES string of the molecule is CC=C(N=CN/C(CC)=C(\C(=O)N(C)CC=O)N(CCNC=O)CCc1ccccc1NSC1CC1)C1=CCOCC1.CNc1ccc(C(F)C(C)C)cc1Cl. The van der Waals surface area contributed by atoms with Gasteiger partial charge < -0.3 is 40.0 Å². The average Bonchev–Trinajstić information content (AvgIpc) is 4.05. The lowest BCUT2D eigenvalue weighted by atomic mass is 10.0. The van der Waals surface area contributed by atoms with Crippen molar-refractivity contribution in [2.45, 2.75) is 71.2 Å². The Bertz CT molecular complexity index is 1700. The van der Waals surface area contributed by atoms with E-state index in [1.807, 2.05) is 56.9 Å². The van der Waals surface area contributed by atoms with Crippen molar-refractivity contribution in [3.63, 3.8) is 0 Å². The van der Waals surface area contributed by atoms with Crippen molar-refractivity contribution in [1.82, 2.24) is 20.4 Å². The number of anilines is 2. The number of halogens is 2. The molecule has 11 nitrogen and oxygen atoms in total. The van der Waals surface area contributed by atoms with Gasteiger partial charge in [0.25, 0.3) is 5.91 Å². The van der Waals surface area contributed by atoms with E-state index in [9.17, 15) is 18.8 Å². The standard InChI is InChI=1S/C31H44N6O4S.C11H15ClFN/c1-4-27(25-13-20-41-21-14-25)33-22-34-28(5-2)30(31(40)36(3)18-19-38)37(17-15-32-23-39)16-12-24-8-6-7-9-29(24)35-42-26-10-11-26;1-7(2)11(13)8-4-5-10(14-3)9(12)6-8/h4,6-9,13,19,22-23,26,35H,5,10-12,14-18,20-21H2,1-3H3,(H,32,39)(H,33,34);4-7,11,14H,1-3H3/b27-4?,30-28+;. The number of allylic oxidation sites excluding steroid dienone is 3. The topological polar surface area (TPSA) is 127 Å². The zero-order valence-corrected chi connectivity index (χ0v) is 35.1. The molecule has 14 heteroatoms. The van der Waals surface area contributed by atoms with Crippen LogP contribution in [0.5, 0.6) is 0 Å². The molecule has 1 unspecified atom stereocenters.